The van der Waals surface area contributed by atoms with Gasteiger partial charge in [0.05, 0.1) is 13.2 Å². The molecular formula is C11H18N2O. The van der Waals surface area contributed by atoms with Gasteiger partial charge in [-0.1, -0.05) is 18.2 Å². The summed E-state index contributed by atoms with van der Waals surface area (Å²) in [7, 11) is 0. The minimum absolute atomic E-state index is 0.617. The van der Waals surface area contributed by atoms with E-state index in [1.807, 2.05) is 32.1 Å². The molecule has 1 heterocycles. The minimum Gasteiger partial charge on any atom is -0.378 e. The first kappa shape index (κ1) is 11.0. The van der Waals surface area contributed by atoms with Gasteiger partial charge in [-0.15, -0.1) is 0 Å². The molecule has 1 N–H and O–H groups in total. The summed E-state index contributed by atoms with van der Waals surface area (Å²) >= 11 is 0. The molecule has 0 spiro atoms. The van der Waals surface area contributed by atoms with Crippen molar-refractivity contribution < 1.29 is 4.74 Å². The molecule has 1 rings (SSSR count). The fourth-order valence-electron chi connectivity index (χ4n) is 1.36. The van der Waals surface area contributed by atoms with Crippen LogP contribution < -0.4 is 0 Å². The van der Waals surface area contributed by atoms with Gasteiger partial charge >= 0.3 is 0 Å². The van der Waals surface area contributed by atoms with E-state index < -0.39 is 0 Å². The van der Waals surface area contributed by atoms with Crippen molar-refractivity contribution in [3.63, 3.8) is 0 Å². The number of ether oxygens (including phenoxy) is 1. The van der Waals surface area contributed by atoms with E-state index in [9.17, 15) is 0 Å². The molecule has 0 aliphatic carbocycles. The van der Waals surface area contributed by atoms with Crippen LogP contribution in [0.4, 0.5) is 0 Å². The SMILES string of the molecule is C/C=C\C=C(\C)C(=N)N1CCOCC1. The van der Waals surface area contributed by atoms with Gasteiger partial charge in [-0.3, -0.25) is 5.41 Å². The van der Waals surface area contributed by atoms with Gasteiger partial charge in [-0.05, 0) is 19.4 Å². The molecule has 1 saturated heterocycles. The molecule has 1 aliphatic rings. The van der Waals surface area contributed by atoms with Crippen LogP contribution in [0.15, 0.2) is 23.8 Å². The summed E-state index contributed by atoms with van der Waals surface area (Å²) < 4.78 is 5.24. The van der Waals surface area contributed by atoms with E-state index in [0.717, 1.165) is 31.9 Å². The van der Waals surface area contributed by atoms with Crippen molar-refractivity contribution in [1.82, 2.24) is 4.90 Å². The Kier molecular flexibility index (Phi) is 4.40. The van der Waals surface area contributed by atoms with Crippen LogP contribution in [0.2, 0.25) is 0 Å². The second-order valence-electron chi connectivity index (χ2n) is 3.32. The van der Waals surface area contributed by atoms with Crippen LogP contribution in [0.25, 0.3) is 0 Å². The lowest BCUT2D eigenvalue weighted by molar-refractivity contribution is 0.0679. The Balaban J connectivity index is 2.54. The van der Waals surface area contributed by atoms with Crippen molar-refractivity contribution in [3.05, 3.63) is 23.8 Å². The quantitative estimate of drug-likeness (QED) is 0.413. The fraction of sp³-hybridized carbons (Fsp3) is 0.545. The molecule has 1 aliphatic heterocycles. The highest BCUT2D eigenvalue weighted by atomic mass is 16.5. The number of hydrogen-bond donors (Lipinski definition) is 1. The second-order valence-corrected chi connectivity index (χ2v) is 3.32. The van der Waals surface area contributed by atoms with Gasteiger partial charge in [0.25, 0.3) is 0 Å². The van der Waals surface area contributed by atoms with E-state index in [1.54, 1.807) is 0 Å². The van der Waals surface area contributed by atoms with E-state index in [0.29, 0.717) is 5.84 Å². The zero-order chi connectivity index (χ0) is 10.4. The third-order valence-corrected chi connectivity index (χ3v) is 2.24. The molecule has 0 amide bonds. The number of amidine groups is 1. The molecule has 0 radical (unpaired) electrons. The highest BCUT2D eigenvalue weighted by molar-refractivity contribution is 5.95. The normalized spacial score (nSPS) is 19.0. The Bertz CT molecular complexity index is 250. The molecule has 1 fully saturated rings. The molecule has 0 saturated carbocycles. The van der Waals surface area contributed by atoms with Crippen LogP contribution in [-0.4, -0.2) is 37.0 Å². The molecule has 3 heteroatoms. The van der Waals surface area contributed by atoms with Gasteiger partial charge in [0, 0.05) is 13.1 Å². The van der Waals surface area contributed by atoms with E-state index >= 15 is 0 Å². The Hall–Kier alpha value is -1.09. The average molecular weight is 194 g/mol. The van der Waals surface area contributed by atoms with Crippen molar-refractivity contribution in [3.8, 4) is 0 Å². The molecule has 0 atom stereocenters. The number of hydrogen-bond acceptors (Lipinski definition) is 2. The predicted molar refractivity (Wildman–Crippen MR) is 58.7 cm³/mol. The maximum atomic E-state index is 7.94. The maximum absolute atomic E-state index is 7.94. The number of nitrogens with one attached hydrogen (secondary N) is 1. The van der Waals surface area contributed by atoms with E-state index in [-0.39, 0.29) is 0 Å². The van der Waals surface area contributed by atoms with Crippen molar-refractivity contribution in [2.75, 3.05) is 26.3 Å². The van der Waals surface area contributed by atoms with Gasteiger partial charge in [0.2, 0.25) is 0 Å². The van der Waals surface area contributed by atoms with Crippen molar-refractivity contribution in [2.45, 2.75) is 13.8 Å². The largest absolute Gasteiger partial charge is 0.378 e. The lowest BCUT2D eigenvalue weighted by atomic mass is 10.2. The summed E-state index contributed by atoms with van der Waals surface area (Å²) in [6, 6.07) is 0. The topological polar surface area (TPSA) is 36.3 Å². The van der Waals surface area contributed by atoms with Crippen molar-refractivity contribution in [2.24, 2.45) is 0 Å². The Labute approximate surface area is 85.6 Å². The third kappa shape index (κ3) is 3.00. The highest BCUT2D eigenvalue weighted by Crippen LogP contribution is 2.05. The van der Waals surface area contributed by atoms with Gasteiger partial charge in [0.1, 0.15) is 5.84 Å². The van der Waals surface area contributed by atoms with Crippen LogP contribution in [0.3, 0.4) is 0 Å². The number of allylic oxidation sites excluding steroid dienone is 3. The van der Waals surface area contributed by atoms with Crippen LogP contribution in [-0.2, 0) is 4.74 Å². The fourth-order valence-corrected chi connectivity index (χ4v) is 1.36. The van der Waals surface area contributed by atoms with Gasteiger partial charge in [-0.2, -0.15) is 0 Å². The monoisotopic (exact) mass is 194 g/mol. The zero-order valence-electron chi connectivity index (χ0n) is 8.92. The van der Waals surface area contributed by atoms with E-state index in [4.69, 9.17) is 10.1 Å². The smallest absolute Gasteiger partial charge is 0.123 e. The van der Waals surface area contributed by atoms with Crippen LogP contribution in [0.1, 0.15) is 13.8 Å². The Morgan fingerprint density at radius 2 is 2.00 bits per heavy atom. The zero-order valence-corrected chi connectivity index (χ0v) is 8.92. The molecular weight excluding hydrogens is 176 g/mol. The lowest BCUT2D eigenvalue weighted by Crippen LogP contribution is -2.40. The Morgan fingerprint density at radius 1 is 1.36 bits per heavy atom. The lowest BCUT2D eigenvalue weighted by Gasteiger charge is -2.29. The number of nitrogens with zero attached hydrogens (tertiary/aromatic N) is 1. The molecule has 0 aromatic heterocycles. The summed E-state index contributed by atoms with van der Waals surface area (Å²) in [5.74, 6) is 0.617. The summed E-state index contributed by atoms with van der Waals surface area (Å²) in [6.45, 7) is 7.08. The molecule has 3 nitrogen and oxygen atoms in total. The average Bonchev–Trinajstić information content (AvgIpc) is 2.26. The molecule has 0 aromatic carbocycles. The van der Waals surface area contributed by atoms with Crippen LogP contribution in [0.5, 0.6) is 0 Å². The maximum Gasteiger partial charge on any atom is 0.123 e. The highest BCUT2D eigenvalue weighted by Gasteiger charge is 2.13. The minimum atomic E-state index is 0.617. The van der Waals surface area contributed by atoms with Crippen molar-refractivity contribution >= 4 is 5.84 Å². The summed E-state index contributed by atoms with van der Waals surface area (Å²) in [5, 5.41) is 7.94. The molecule has 14 heavy (non-hydrogen) atoms. The molecule has 0 unspecified atom stereocenters. The summed E-state index contributed by atoms with van der Waals surface area (Å²) in [5.41, 5.74) is 1.00. The second kappa shape index (κ2) is 5.60. The predicted octanol–water partition coefficient (Wildman–Crippen LogP) is 1.82. The third-order valence-electron chi connectivity index (χ3n) is 2.24. The molecule has 0 aromatic rings. The molecule has 78 valence electrons. The first-order valence-electron chi connectivity index (χ1n) is 4.97. The summed E-state index contributed by atoms with van der Waals surface area (Å²) in [6.07, 6.45) is 5.90. The number of morpholine rings is 1. The number of rotatable bonds is 2. The standard InChI is InChI=1S/C11H18N2O/c1-3-4-5-10(2)11(12)13-6-8-14-9-7-13/h3-5,12H,6-9H2,1-2H3/b4-3-,10-5-,12-11?. The van der Waals surface area contributed by atoms with Crippen LogP contribution in [0, 0.1) is 5.41 Å². The van der Waals surface area contributed by atoms with Crippen LogP contribution >= 0.6 is 0 Å². The first-order chi connectivity index (χ1) is 6.75. The van der Waals surface area contributed by atoms with Crippen molar-refractivity contribution in [1.29, 1.82) is 5.41 Å². The summed E-state index contributed by atoms with van der Waals surface area (Å²) in [4.78, 5) is 2.05. The van der Waals surface area contributed by atoms with Gasteiger partial charge in [0.15, 0.2) is 0 Å². The van der Waals surface area contributed by atoms with E-state index in [1.165, 1.54) is 0 Å². The molecule has 0 bridgehead atoms. The Morgan fingerprint density at radius 3 is 2.57 bits per heavy atom. The van der Waals surface area contributed by atoms with E-state index in [2.05, 4.69) is 4.90 Å². The van der Waals surface area contributed by atoms with Gasteiger partial charge in [-0.25, -0.2) is 0 Å². The first-order valence-corrected chi connectivity index (χ1v) is 4.97. The van der Waals surface area contributed by atoms with Gasteiger partial charge < -0.3 is 9.64 Å².